The van der Waals surface area contributed by atoms with Crippen molar-refractivity contribution in [1.29, 1.82) is 0 Å². The van der Waals surface area contributed by atoms with Crippen LogP contribution in [0.2, 0.25) is 0 Å². The van der Waals surface area contributed by atoms with E-state index < -0.39 is 15.6 Å². The number of ether oxygens (including phenoxy) is 1. The lowest BCUT2D eigenvalue weighted by molar-refractivity contribution is 0.102. The fraction of sp³-hybridized carbons (Fsp3) is 0.545. The van der Waals surface area contributed by atoms with E-state index in [1.54, 1.807) is 12.3 Å². The van der Waals surface area contributed by atoms with Gasteiger partial charge in [-0.1, -0.05) is 6.07 Å². The van der Waals surface area contributed by atoms with E-state index in [1.165, 1.54) is 16.7 Å². The number of phenols is 1. The number of benzene rings is 1. The zero-order chi connectivity index (χ0) is 22.2. The Hall–Kier alpha value is -2.39. The van der Waals surface area contributed by atoms with Crippen LogP contribution in [0.3, 0.4) is 0 Å². The van der Waals surface area contributed by atoms with Crippen molar-refractivity contribution in [3.8, 4) is 11.5 Å². The summed E-state index contributed by atoms with van der Waals surface area (Å²) >= 11 is 0. The Bertz CT molecular complexity index is 1030. The van der Waals surface area contributed by atoms with Gasteiger partial charge in [0.1, 0.15) is 0 Å². The van der Waals surface area contributed by atoms with E-state index in [-0.39, 0.29) is 23.6 Å². The lowest BCUT2D eigenvalue weighted by atomic mass is 9.81. The molecule has 8 nitrogen and oxygen atoms in total. The van der Waals surface area contributed by atoms with Crippen LogP contribution in [-0.2, 0) is 16.6 Å². The average Bonchev–Trinajstić information content (AvgIpc) is 2.97. The summed E-state index contributed by atoms with van der Waals surface area (Å²) in [6.45, 7) is 7.48. The number of nitrogens with zero attached hydrogens (tertiary/aromatic N) is 4. The maximum Gasteiger partial charge on any atom is 0.236 e. The molecule has 31 heavy (non-hydrogen) atoms. The number of rotatable bonds is 5. The second-order valence-corrected chi connectivity index (χ2v) is 10.8. The fourth-order valence-corrected chi connectivity index (χ4v) is 6.87. The molecule has 1 aromatic heterocycles. The molecule has 1 spiro atoms. The highest BCUT2D eigenvalue weighted by atomic mass is 32.2. The van der Waals surface area contributed by atoms with Crippen LogP contribution in [0.25, 0.3) is 0 Å². The lowest BCUT2D eigenvalue weighted by Gasteiger charge is -2.47. The van der Waals surface area contributed by atoms with E-state index in [1.807, 2.05) is 26.0 Å². The number of sulfonamides is 1. The molecular formula is C22H30N4O4S. The summed E-state index contributed by atoms with van der Waals surface area (Å²) in [5.41, 5.74) is 0.604. The predicted molar refractivity (Wildman–Crippen MR) is 119 cm³/mol. The third-order valence-electron chi connectivity index (χ3n) is 6.23. The summed E-state index contributed by atoms with van der Waals surface area (Å²) in [4.78, 5) is 10.7. The molecular weight excluding hydrogens is 416 g/mol. The first kappa shape index (κ1) is 21.8. The predicted octanol–water partition coefficient (Wildman–Crippen LogP) is 2.93. The van der Waals surface area contributed by atoms with Crippen LogP contribution >= 0.6 is 0 Å². The van der Waals surface area contributed by atoms with Gasteiger partial charge >= 0.3 is 0 Å². The van der Waals surface area contributed by atoms with E-state index in [0.29, 0.717) is 24.5 Å². The SMILES string of the molecule is CC(C)Oc1cc(CN2CC[C@]3(CCS(=O)(=O)N3c3cnccn3)C[C@@H]2C)ccc1O. The normalized spacial score (nSPS) is 25.9. The number of hydrogen-bond donors (Lipinski definition) is 1. The first-order chi connectivity index (χ1) is 14.7. The molecule has 2 atom stereocenters. The molecule has 1 aromatic carbocycles. The second kappa shape index (κ2) is 8.27. The zero-order valence-corrected chi connectivity index (χ0v) is 19.0. The number of anilines is 1. The summed E-state index contributed by atoms with van der Waals surface area (Å²) in [7, 11) is -3.40. The van der Waals surface area contributed by atoms with Crippen LogP contribution in [-0.4, -0.2) is 58.4 Å². The van der Waals surface area contributed by atoms with Gasteiger partial charge in [0.25, 0.3) is 0 Å². The molecule has 9 heteroatoms. The van der Waals surface area contributed by atoms with E-state index in [4.69, 9.17) is 4.74 Å². The van der Waals surface area contributed by atoms with Gasteiger partial charge in [-0.15, -0.1) is 0 Å². The average molecular weight is 447 g/mol. The van der Waals surface area contributed by atoms with Crippen molar-refractivity contribution < 1.29 is 18.3 Å². The molecule has 0 amide bonds. The first-order valence-electron chi connectivity index (χ1n) is 10.7. The Morgan fingerprint density at radius 1 is 1.29 bits per heavy atom. The molecule has 1 N–H and O–H groups in total. The molecule has 0 saturated carbocycles. The van der Waals surface area contributed by atoms with Crippen LogP contribution in [0.4, 0.5) is 5.82 Å². The van der Waals surface area contributed by atoms with E-state index >= 15 is 0 Å². The van der Waals surface area contributed by atoms with Gasteiger partial charge in [0, 0.05) is 31.5 Å². The van der Waals surface area contributed by atoms with Gasteiger partial charge in [-0.05, 0) is 57.7 Å². The van der Waals surface area contributed by atoms with Crippen molar-refractivity contribution in [3.63, 3.8) is 0 Å². The number of aromatic nitrogens is 2. The minimum absolute atomic E-state index is 0.0219. The summed E-state index contributed by atoms with van der Waals surface area (Å²) in [5, 5.41) is 10.1. The number of hydrogen-bond acceptors (Lipinski definition) is 7. The summed E-state index contributed by atoms with van der Waals surface area (Å²) in [6, 6.07) is 5.65. The van der Waals surface area contributed by atoms with Gasteiger partial charge in [0.2, 0.25) is 10.0 Å². The molecule has 3 heterocycles. The zero-order valence-electron chi connectivity index (χ0n) is 18.2. The second-order valence-electron chi connectivity index (χ2n) is 8.86. The number of aromatic hydroxyl groups is 1. The van der Waals surface area contributed by atoms with Gasteiger partial charge in [-0.25, -0.2) is 17.7 Å². The molecule has 2 fully saturated rings. The van der Waals surface area contributed by atoms with Gasteiger partial charge < -0.3 is 9.84 Å². The Morgan fingerprint density at radius 2 is 2.10 bits per heavy atom. The Morgan fingerprint density at radius 3 is 2.77 bits per heavy atom. The number of phenolic OH excluding ortho intramolecular Hbond substituents is 1. The quantitative estimate of drug-likeness (QED) is 0.754. The van der Waals surface area contributed by atoms with Crippen LogP contribution in [0, 0.1) is 0 Å². The summed E-state index contributed by atoms with van der Waals surface area (Å²) < 4.78 is 33.0. The third-order valence-corrected chi connectivity index (χ3v) is 8.08. The van der Waals surface area contributed by atoms with Crippen LogP contribution in [0.5, 0.6) is 11.5 Å². The topological polar surface area (TPSA) is 95.9 Å². The van der Waals surface area contributed by atoms with Crippen LogP contribution in [0.1, 0.15) is 45.6 Å². The Labute approximate surface area is 183 Å². The maximum absolute atomic E-state index is 12.9. The smallest absolute Gasteiger partial charge is 0.236 e. The van der Waals surface area contributed by atoms with E-state index in [0.717, 1.165) is 24.9 Å². The Balaban J connectivity index is 1.52. The minimum atomic E-state index is -3.40. The molecule has 0 unspecified atom stereocenters. The Kier molecular flexibility index (Phi) is 5.83. The first-order valence-corrected chi connectivity index (χ1v) is 12.3. The highest BCUT2D eigenvalue weighted by Crippen LogP contribution is 2.44. The van der Waals surface area contributed by atoms with Crippen molar-refractivity contribution in [2.45, 2.75) is 64.3 Å². The van der Waals surface area contributed by atoms with Crippen molar-refractivity contribution in [2.75, 3.05) is 16.6 Å². The van der Waals surface area contributed by atoms with Crippen molar-refractivity contribution in [1.82, 2.24) is 14.9 Å². The summed E-state index contributed by atoms with van der Waals surface area (Å²) in [6.07, 6.45) is 6.68. The standard InChI is InChI=1S/C22H30N4O4S/c1-16(2)30-20-12-18(4-5-19(20)27)15-25-10-6-22(13-17(25)3)7-11-31(28,29)26(22)21-14-23-8-9-24-21/h4-5,8-9,12,14,16-17,27H,6-7,10-11,13,15H2,1-3H3/t17-,22-/m0/s1. The largest absolute Gasteiger partial charge is 0.504 e. The molecule has 0 bridgehead atoms. The molecule has 2 saturated heterocycles. The van der Waals surface area contributed by atoms with Gasteiger partial charge in [0.15, 0.2) is 17.3 Å². The van der Waals surface area contributed by atoms with E-state index in [9.17, 15) is 13.5 Å². The van der Waals surface area contributed by atoms with Crippen molar-refractivity contribution in [3.05, 3.63) is 42.4 Å². The molecule has 2 aliphatic rings. The molecule has 0 aliphatic carbocycles. The highest BCUT2D eigenvalue weighted by Gasteiger charge is 2.53. The van der Waals surface area contributed by atoms with Crippen molar-refractivity contribution in [2.24, 2.45) is 0 Å². The number of piperidine rings is 1. The van der Waals surface area contributed by atoms with Crippen LogP contribution < -0.4 is 9.04 Å². The van der Waals surface area contributed by atoms with Crippen LogP contribution in [0.15, 0.2) is 36.8 Å². The lowest BCUT2D eigenvalue weighted by Crippen LogP contribution is -2.56. The monoisotopic (exact) mass is 446 g/mol. The highest BCUT2D eigenvalue weighted by molar-refractivity contribution is 7.93. The summed E-state index contributed by atoms with van der Waals surface area (Å²) in [5.74, 6) is 1.18. The molecule has 2 aromatic rings. The van der Waals surface area contributed by atoms with Gasteiger partial charge in [0.05, 0.1) is 23.6 Å². The maximum atomic E-state index is 12.9. The molecule has 168 valence electrons. The molecule has 0 radical (unpaired) electrons. The van der Waals surface area contributed by atoms with Gasteiger partial charge in [-0.3, -0.25) is 9.88 Å². The fourth-order valence-electron chi connectivity index (χ4n) is 4.83. The third kappa shape index (κ3) is 4.34. The minimum Gasteiger partial charge on any atom is -0.504 e. The van der Waals surface area contributed by atoms with E-state index in [2.05, 4.69) is 21.8 Å². The number of likely N-dealkylation sites (tertiary alicyclic amines) is 1. The molecule has 4 rings (SSSR count). The van der Waals surface area contributed by atoms with Crippen molar-refractivity contribution >= 4 is 15.8 Å². The van der Waals surface area contributed by atoms with Gasteiger partial charge in [-0.2, -0.15) is 0 Å². The molecule has 2 aliphatic heterocycles.